The Balaban J connectivity index is 2.63. The first-order valence-electron chi connectivity index (χ1n) is 5.77. The summed E-state index contributed by atoms with van der Waals surface area (Å²) in [4.78, 5) is 24.2. The van der Waals surface area contributed by atoms with Crippen LogP contribution >= 0.6 is 0 Å². The Morgan fingerprint density at radius 3 is 2.74 bits per heavy atom. The minimum absolute atomic E-state index is 0.112. The molecule has 0 amide bonds. The van der Waals surface area contributed by atoms with Gasteiger partial charge in [0, 0.05) is 38.2 Å². The monoisotopic (exact) mass is 270 g/mol. The van der Waals surface area contributed by atoms with Crippen LogP contribution in [0.4, 0.5) is 0 Å². The molecule has 0 saturated carbocycles. The number of hydrogen-bond acceptors (Lipinski definition) is 7. The third kappa shape index (κ3) is 3.28. The molecular weight excluding hydrogens is 252 g/mol. The van der Waals surface area contributed by atoms with Gasteiger partial charge in [-0.15, -0.1) is 4.91 Å². The van der Waals surface area contributed by atoms with E-state index < -0.39 is 11.6 Å². The predicted molar refractivity (Wildman–Crippen MR) is 69.1 cm³/mol. The molecule has 0 aromatic heterocycles. The summed E-state index contributed by atoms with van der Waals surface area (Å²) < 4.78 is 5.50. The number of rotatable bonds is 6. The molecule has 8 heteroatoms. The maximum Gasteiger partial charge on any atom is 0.242 e. The van der Waals surface area contributed by atoms with Gasteiger partial charge in [-0.05, 0) is 12.1 Å². The summed E-state index contributed by atoms with van der Waals surface area (Å²) in [5, 5.41) is 13.6. The van der Waals surface area contributed by atoms with Crippen molar-refractivity contribution >= 4 is 0 Å². The molecule has 0 aromatic carbocycles. The molecule has 1 atom stereocenters. The lowest BCUT2D eigenvalue weighted by molar-refractivity contribution is -0.573. The van der Waals surface area contributed by atoms with E-state index in [9.17, 15) is 15.0 Å². The molecule has 1 rings (SSSR count). The summed E-state index contributed by atoms with van der Waals surface area (Å²) in [6, 6.07) is 0. The van der Waals surface area contributed by atoms with Crippen LogP contribution in [-0.4, -0.2) is 40.1 Å². The minimum Gasteiger partial charge on any atom is -0.350 e. The van der Waals surface area contributed by atoms with E-state index in [-0.39, 0.29) is 11.7 Å². The summed E-state index contributed by atoms with van der Waals surface area (Å²) in [5.74, 6) is 0.557. The number of hydrogen-bond donors (Lipinski definition) is 0. The number of nitro groups is 1. The van der Waals surface area contributed by atoms with Gasteiger partial charge >= 0.3 is 0 Å². The molecule has 1 heterocycles. The second-order valence-corrected chi connectivity index (χ2v) is 4.82. The SMILES string of the molecule is CC(OCN1C=CN(C)/C1=C/N=O)C(C)(C)[N+](=O)[O-]. The van der Waals surface area contributed by atoms with Gasteiger partial charge in [-0.1, -0.05) is 0 Å². The van der Waals surface area contributed by atoms with Crippen LogP contribution in [0.2, 0.25) is 0 Å². The smallest absolute Gasteiger partial charge is 0.242 e. The third-order valence-corrected chi connectivity index (χ3v) is 3.22. The van der Waals surface area contributed by atoms with Gasteiger partial charge in [-0.25, -0.2) is 0 Å². The highest BCUT2D eigenvalue weighted by atomic mass is 16.6. The average Bonchev–Trinajstić information content (AvgIpc) is 2.68. The van der Waals surface area contributed by atoms with Gasteiger partial charge in [0.2, 0.25) is 5.54 Å². The van der Waals surface area contributed by atoms with Gasteiger partial charge in [-0.2, -0.15) is 0 Å². The number of nitroso groups, excluding NO2 is 1. The Morgan fingerprint density at radius 1 is 1.58 bits per heavy atom. The average molecular weight is 270 g/mol. The molecule has 1 aliphatic heterocycles. The van der Waals surface area contributed by atoms with Gasteiger partial charge in [-0.3, -0.25) is 10.1 Å². The normalized spacial score (nSPS) is 19.1. The fourth-order valence-electron chi connectivity index (χ4n) is 1.40. The van der Waals surface area contributed by atoms with E-state index in [1.54, 1.807) is 36.2 Å². The zero-order valence-electron chi connectivity index (χ0n) is 11.4. The fourth-order valence-corrected chi connectivity index (χ4v) is 1.40. The molecule has 8 nitrogen and oxygen atoms in total. The Kier molecular flexibility index (Phi) is 4.60. The molecule has 106 valence electrons. The fraction of sp³-hybridized carbons (Fsp3) is 0.636. The van der Waals surface area contributed by atoms with Crippen molar-refractivity contribution in [3.8, 4) is 0 Å². The molecule has 0 spiro atoms. The van der Waals surface area contributed by atoms with Crippen molar-refractivity contribution in [2.24, 2.45) is 5.18 Å². The highest BCUT2D eigenvalue weighted by molar-refractivity contribution is 5.12. The van der Waals surface area contributed by atoms with Gasteiger partial charge in [0.25, 0.3) is 0 Å². The van der Waals surface area contributed by atoms with Crippen LogP contribution in [-0.2, 0) is 4.74 Å². The summed E-state index contributed by atoms with van der Waals surface area (Å²) in [5.41, 5.74) is -1.18. The van der Waals surface area contributed by atoms with E-state index in [1.807, 2.05) is 0 Å². The molecule has 0 bridgehead atoms. The van der Waals surface area contributed by atoms with Crippen LogP contribution in [0.25, 0.3) is 0 Å². The van der Waals surface area contributed by atoms with Gasteiger partial charge in [0.05, 0.1) is 0 Å². The lowest BCUT2D eigenvalue weighted by Gasteiger charge is -2.27. The topological polar surface area (TPSA) is 88.3 Å². The Morgan fingerprint density at radius 2 is 2.21 bits per heavy atom. The van der Waals surface area contributed by atoms with E-state index in [1.165, 1.54) is 13.8 Å². The van der Waals surface area contributed by atoms with Crippen LogP contribution in [0.3, 0.4) is 0 Å². The molecule has 0 aromatic rings. The van der Waals surface area contributed by atoms with Crippen molar-refractivity contribution in [2.75, 3.05) is 13.8 Å². The summed E-state index contributed by atoms with van der Waals surface area (Å²) >= 11 is 0. The first-order valence-corrected chi connectivity index (χ1v) is 5.77. The predicted octanol–water partition coefficient (Wildman–Crippen LogP) is 1.69. The van der Waals surface area contributed by atoms with Crippen LogP contribution in [0.1, 0.15) is 20.8 Å². The molecule has 0 aliphatic carbocycles. The second kappa shape index (κ2) is 5.79. The molecule has 0 fully saturated rings. The molecule has 0 N–H and O–H groups in total. The minimum atomic E-state index is -1.18. The van der Waals surface area contributed by atoms with Crippen molar-refractivity contribution in [1.29, 1.82) is 0 Å². The number of nitrogens with zero attached hydrogens (tertiary/aromatic N) is 4. The summed E-state index contributed by atoms with van der Waals surface area (Å²) in [7, 11) is 1.76. The maximum absolute atomic E-state index is 10.9. The quantitative estimate of drug-likeness (QED) is 0.414. The van der Waals surface area contributed by atoms with Crippen molar-refractivity contribution < 1.29 is 9.66 Å². The molecule has 1 aliphatic rings. The lowest BCUT2D eigenvalue weighted by atomic mass is 10.0. The van der Waals surface area contributed by atoms with Crippen molar-refractivity contribution in [3.63, 3.8) is 0 Å². The Hall–Kier alpha value is -1.96. The van der Waals surface area contributed by atoms with Crippen molar-refractivity contribution in [1.82, 2.24) is 9.80 Å². The van der Waals surface area contributed by atoms with E-state index in [0.717, 1.165) is 6.20 Å². The van der Waals surface area contributed by atoms with E-state index in [4.69, 9.17) is 4.74 Å². The number of ether oxygens (including phenoxy) is 1. The van der Waals surface area contributed by atoms with Gasteiger partial charge < -0.3 is 14.5 Å². The zero-order chi connectivity index (χ0) is 14.6. The first kappa shape index (κ1) is 15.1. The molecule has 19 heavy (non-hydrogen) atoms. The third-order valence-electron chi connectivity index (χ3n) is 3.22. The summed E-state index contributed by atoms with van der Waals surface area (Å²) in [6.45, 7) is 4.77. The van der Waals surface area contributed by atoms with E-state index >= 15 is 0 Å². The van der Waals surface area contributed by atoms with Crippen LogP contribution in [0.5, 0.6) is 0 Å². The highest BCUT2D eigenvalue weighted by Gasteiger charge is 2.39. The molecule has 0 saturated heterocycles. The van der Waals surface area contributed by atoms with Crippen molar-refractivity contribution in [2.45, 2.75) is 32.4 Å². The second-order valence-electron chi connectivity index (χ2n) is 4.82. The molecule has 1 unspecified atom stereocenters. The summed E-state index contributed by atoms with van der Waals surface area (Å²) in [6.07, 6.45) is 4.03. The van der Waals surface area contributed by atoms with Crippen LogP contribution < -0.4 is 0 Å². The molecular formula is C11H18N4O4. The van der Waals surface area contributed by atoms with Crippen LogP contribution in [0.15, 0.2) is 29.6 Å². The Bertz CT molecular complexity index is 419. The van der Waals surface area contributed by atoms with E-state index in [0.29, 0.717) is 5.82 Å². The maximum atomic E-state index is 10.9. The van der Waals surface area contributed by atoms with E-state index in [2.05, 4.69) is 5.18 Å². The van der Waals surface area contributed by atoms with Gasteiger partial charge in [0.15, 0.2) is 0 Å². The van der Waals surface area contributed by atoms with Gasteiger partial charge in [0.1, 0.15) is 24.9 Å². The lowest BCUT2D eigenvalue weighted by Crippen LogP contribution is -2.44. The first-order chi connectivity index (χ1) is 8.80. The van der Waals surface area contributed by atoms with Crippen LogP contribution in [0, 0.1) is 15.0 Å². The standard InChI is InChI=1S/C11H18N4O4/c1-9(11(2,3)15(17)18)19-8-14-6-5-13(4)10(14)7-12-16/h5-7,9H,8H2,1-4H3/b10-7-. The zero-order valence-corrected chi connectivity index (χ0v) is 11.4. The molecule has 0 radical (unpaired) electrons. The largest absolute Gasteiger partial charge is 0.350 e. The highest BCUT2D eigenvalue weighted by Crippen LogP contribution is 2.21. The van der Waals surface area contributed by atoms with Crippen molar-refractivity contribution in [3.05, 3.63) is 39.4 Å². The Labute approximate surface area is 111 Å².